The van der Waals surface area contributed by atoms with Crippen LogP contribution >= 0.6 is 0 Å². The average molecular weight is 483 g/mol. The van der Waals surface area contributed by atoms with Crippen LogP contribution in [0.4, 0.5) is 0 Å². The second-order valence-corrected chi connectivity index (χ2v) is 11.9. The first-order valence-electron chi connectivity index (χ1n) is 12.4. The second-order valence-electron chi connectivity index (χ2n) is 11.9. The number of hydrogen-bond donors (Lipinski definition) is 0. The van der Waals surface area contributed by atoms with Crippen LogP contribution in [0.2, 0.25) is 0 Å². The topological polar surface area (TPSA) is 86.2 Å². The molecule has 8 nitrogen and oxygen atoms in total. The first-order chi connectivity index (χ1) is 17.0. The van der Waals surface area contributed by atoms with E-state index in [-0.39, 0.29) is 16.2 Å². The highest BCUT2D eigenvalue weighted by atomic mass is 15.3. The Bertz CT molecular complexity index is 1520. The second kappa shape index (κ2) is 8.47. The summed E-state index contributed by atoms with van der Waals surface area (Å²) in [6.07, 6.45) is 10.9. The molecule has 0 saturated heterocycles. The highest BCUT2D eigenvalue weighted by Gasteiger charge is 2.33. The van der Waals surface area contributed by atoms with Crippen LogP contribution in [0.1, 0.15) is 78.3 Å². The Kier molecular flexibility index (Phi) is 5.65. The van der Waals surface area contributed by atoms with Crippen molar-refractivity contribution in [3.8, 4) is 11.4 Å². The van der Waals surface area contributed by atoms with Crippen molar-refractivity contribution in [2.75, 3.05) is 0 Å². The summed E-state index contributed by atoms with van der Waals surface area (Å²) in [6.45, 7) is 15.6. The predicted molar refractivity (Wildman–Crippen MR) is 141 cm³/mol. The molecule has 0 aliphatic rings. The molecular weight excluding hydrogens is 448 g/mol. The molecule has 0 fully saturated rings. The zero-order valence-corrected chi connectivity index (χ0v) is 22.2. The summed E-state index contributed by atoms with van der Waals surface area (Å²) < 4.78 is 3.83. The summed E-state index contributed by atoms with van der Waals surface area (Å²) in [5.74, 6) is 0.690. The van der Waals surface area contributed by atoms with Crippen molar-refractivity contribution in [3.05, 3.63) is 72.3 Å². The Labute approximate surface area is 211 Å². The van der Waals surface area contributed by atoms with Crippen molar-refractivity contribution < 1.29 is 0 Å². The van der Waals surface area contributed by atoms with E-state index in [1.165, 1.54) is 5.56 Å². The molecule has 8 heteroatoms. The van der Waals surface area contributed by atoms with Crippen LogP contribution in [0.25, 0.3) is 22.7 Å². The SMILES string of the molecule is CC(C)(C)c1ccc2nc(-c3ccc4ncnn4c3C(C)(C)CCC(C)(C)c3cnccn3)nn2c1. The Hall–Kier alpha value is -3.68. The van der Waals surface area contributed by atoms with Crippen molar-refractivity contribution in [2.45, 2.75) is 77.6 Å². The number of fused-ring (bicyclic) bond motifs is 2. The highest BCUT2D eigenvalue weighted by molar-refractivity contribution is 5.65. The van der Waals surface area contributed by atoms with Gasteiger partial charge in [-0.3, -0.25) is 9.97 Å². The van der Waals surface area contributed by atoms with Crippen LogP contribution in [-0.2, 0) is 16.2 Å². The molecule has 0 atom stereocenters. The summed E-state index contributed by atoms with van der Waals surface area (Å²) >= 11 is 0. The van der Waals surface area contributed by atoms with Crippen LogP contribution in [0.5, 0.6) is 0 Å². The maximum atomic E-state index is 4.90. The molecule has 5 aromatic heterocycles. The number of hydrogen-bond acceptors (Lipinski definition) is 6. The van der Waals surface area contributed by atoms with Gasteiger partial charge < -0.3 is 0 Å². The maximum Gasteiger partial charge on any atom is 0.184 e. The van der Waals surface area contributed by atoms with Gasteiger partial charge in [0.15, 0.2) is 17.1 Å². The predicted octanol–water partition coefficient (Wildman–Crippen LogP) is 5.56. The molecule has 186 valence electrons. The smallest absolute Gasteiger partial charge is 0.184 e. The summed E-state index contributed by atoms with van der Waals surface area (Å²) in [4.78, 5) is 18.2. The molecule has 0 N–H and O–H groups in total. The minimum atomic E-state index is -0.240. The van der Waals surface area contributed by atoms with Gasteiger partial charge in [0.25, 0.3) is 0 Å². The average Bonchev–Trinajstić information content (AvgIpc) is 3.48. The minimum absolute atomic E-state index is 0.0308. The van der Waals surface area contributed by atoms with Crippen LogP contribution in [0, 0.1) is 0 Å². The van der Waals surface area contributed by atoms with E-state index in [1.54, 1.807) is 18.7 Å². The summed E-state index contributed by atoms with van der Waals surface area (Å²) in [7, 11) is 0. The van der Waals surface area contributed by atoms with Gasteiger partial charge in [0.1, 0.15) is 6.33 Å². The third kappa shape index (κ3) is 4.36. The van der Waals surface area contributed by atoms with E-state index in [0.29, 0.717) is 5.82 Å². The van der Waals surface area contributed by atoms with Gasteiger partial charge in [-0.1, -0.05) is 54.5 Å². The Morgan fingerprint density at radius 1 is 0.806 bits per heavy atom. The van der Waals surface area contributed by atoms with Crippen molar-refractivity contribution in [1.29, 1.82) is 0 Å². The molecule has 0 aliphatic carbocycles. The van der Waals surface area contributed by atoms with Gasteiger partial charge >= 0.3 is 0 Å². The lowest BCUT2D eigenvalue weighted by Gasteiger charge is -2.32. The standard InChI is InChI=1S/C28H34N8/c1-26(2,3)19-8-10-23-33-25(34-35(23)17-19)20-9-11-22-31-18-32-36(22)24(20)28(6,7)13-12-27(4,5)21-16-29-14-15-30-21/h8-11,14-18H,12-13H2,1-7H3. The van der Waals surface area contributed by atoms with E-state index >= 15 is 0 Å². The van der Waals surface area contributed by atoms with E-state index in [1.807, 2.05) is 27.4 Å². The van der Waals surface area contributed by atoms with Crippen molar-refractivity contribution in [2.24, 2.45) is 0 Å². The molecule has 0 radical (unpaired) electrons. The van der Waals surface area contributed by atoms with Crippen molar-refractivity contribution >= 4 is 11.3 Å². The van der Waals surface area contributed by atoms with Crippen molar-refractivity contribution in [3.63, 3.8) is 0 Å². The minimum Gasteiger partial charge on any atom is -0.261 e. The monoisotopic (exact) mass is 482 g/mol. The maximum absolute atomic E-state index is 4.90. The van der Waals surface area contributed by atoms with Crippen LogP contribution in [0.3, 0.4) is 0 Å². The summed E-state index contributed by atoms with van der Waals surface area (Å²) in [5.41, 5.74) is 5.54. The fraction of sp³-hybridized carbons (Fsp3) is 0.429. The zero-order chi connectivity index (χ0) is 25.7. The van der Waals surface area contributed by atoms with Gasteiger partial charge in [0, 0.05) is 41.2 Å². The van der Waals surface area contributed by atoms with Crippen molar-refractivity contribution in [1.82, 2.24) is 39.2 Å². The number of rotatable bonds is 6. The van der Waals surface area contributed by atoms with Gasteiger partial charge in [-0.25, -0.2) is 19.0 Å². The molecule has 0 aromatic carbocycles. The molecule has 0 amide bonds. The van der Waals surface area contributed by atoms with E-state index in [9.17, 15) is 0 Å². The largest absolute Gasteiger partial charge is 0.261 e. The lowest BCUT2D eigenvalue weighted by Crippen LogP contribution is -2.28. The highest BCUT2D eigenvalue weighted by Crippen LogP contribution is 2.39. The molecule has 0 saturated carbocycles. The fourth-order valence-corrected chi connectivity index (χ4v) is 4.68. The van der Waals surface area contributed by atoms with Gasteiger partial charge in [0.05, 0.1) is 11.4 Å². The molecule has 0 unspecified atom stereocenters. The quantitative estimate of drug-likeness (QED) is 0.315. The molecule has 5 heterocycles. The van der Waals surface area contributed by atoms with Gasteiger partial charge in [0.2, 0.25) is 0 Å². The van der Waals surface area contributed by atoms with Crippen LogP contribution < -0.4 is 0 Å². The third-order valence-electron chi connectivity index (χ3n) is 7.15. The molecule has 0 spiro atoms. The number of pyridine rings is 2. The first kappa shape index (κ1) is 24.0. The van der Waals surface area contributed by atoms with Gasteiger partial charge in [-0.2, -0.15) is 5.10 Å². The molecule has 0 bridgehead atoms. The van der Waals surface area contributed by atoms with E-state index in [4.69, 9.17) is 10.1 Å². The zero-order valence-electron chi connectivity index (χ0n) is 22.2. The Balaban J connectivity index is 1.57. The van der Waals surface area contributed by atoms with E-state index in [2.05, 4.69) is 86.8 Å². The Morgan fingerprint density at radius 2 is 1.56 bits per heavy atom. The third-order valence-corrected chi connectivity index (χ3v) is 7.15. The summed E-state index contributed by atoms with van der Waals surface area (Å²) in [6, 6.07) is 8.24. The van der Waals surface area contributed by atoms with Crippen LogP contribution in [0.15, 0.2) is 55.4 Å². The van der Waals surface area contributed by atoms with Gasteiger partial charge in [-0.15, -0.1) is 5.10 Å². The lowest BCUT2D eigenvalue weighted by molar-refractivity contribution is 0.359. The normalized spacial score (nSPS) is 13.1. The van der Waals surface area contributed by atoms with Gasteiger partial charge in [-0.05, 0) is 42.0 Å². The van der Waals surface area contributed by atoms with E-state index in [0.717, 1.165) is 41.1 Å². The summed E-state index contributed by atoms with van der Waals surface area (Å²) in [5, 5.41) is 9.50. The number of nitrogens with zero attached hydrogens (tertiary/aromatic N) is 8. The first-order valence-corrected chi connectivity index (χ1v) is 12.4. The lowest BCUT2D eigenvalue weighted by atomic mass is 9.74. The Morgan fingerprint density at radius 3 is 2.28 bits per heavy atom. The molecule has 0 aliphatic heterocycles. The number of aromatic nitrogens is 8. The molecule has 5 rings (SSSR count). The molecular formula is C28H34N8. The van der Waals surface area contributed by atoms with Crippen LogP contribution in [-0.4, -0.2) is 39.2 Å². The molecule has 36 heavy (non-hydrogen) atoms. The van der Waals surface area contributed by atoms with E-state index < -0.39 is 0 Å². The fourth-order valence-electron chi connectivity index (χ4n) is 4.68. The molecule has 5 aromatic rings.